The van der Waals surface area contributed by atoms with Crippen LogP contribution in [0.4, 0.5) is 5.82 Å². The number of hydrogen-bond acceptors (Lipinski definition) is 7. The summed E-state index contributed by atoms with van der Waals surface area (Å²) >= 11 is 0. The number of aliphatic hydroxyl groups excluding tert-OH is 1. The van der Waals surface area contributed by atoms with Gasteiger partial charge in [0.15, 0.2) is 0 Å². The van der Waals surface area contributed by atoms with Gasteiger partial charge in [-0.1, -0.05) is 26.0 Å². The molecule has 0 saturated heterocycles. The maximum absolute atomic E-state index is 14.2. The van der Waals surface area contributed by atoms with Gasteiger partial charge in [0.1, 0.15) is 11.6 Å². The highest BCUT2D eigenvalue weighted by Gasteiger charge is 2.50. The molecule has 0 spiro atoms. The second kappa shape index (κ2) is 11.4. The molecule has 0 atom stereocenters. The Morgan fingerprint density at radius 3 is 2.38 bits per heavy atom. The fourth-order valence-corrected chi connectivity index (χ4v) is 7.58. The molecule has 0 aliphatic heterocycles. The lowest BCUT2D eigenvalue weighted by Gasteiger charge is -2.55. The van der Waals surface area contributed by atoms with E-state index in [1.54, 1.807) is 13.3 Å². The van der Waals surface area contributed by atoms with Crippen LogP contribution in [0, 0.1) is 18.3 Å². The van der Waals surface area contributed by atoms with Gasteiger partial charge >= 0.3 is 0 Å². The molecule has 2 heterocycles. The maximum atomic E-state index is 14.2. The van der Waals surface area contributed by atoms with Crippen molar-refractivity contribution in [1.82, 2.24) is 15.2 Å². The summed E-state index contributed by atoms with van der Waals surface area (Å²) in [5.74, 6) is 2.80. The molecule has 224 valence electrons. The van der Waals surface area contributed by atoms with E-state index in [1.807, 2.05) is 30.9 Å². The third-order valence-electron chi connectivity index (χ3n) is 10.4. The van der Waals surface area contributed by atoms with Crippen LogP contribution in [0.5, 0.6) is 5.75 Å². The molecule has 1 N–H and O–H groups in total. The van der Waals surface area contributed by atoms with Gasteiger partial charge in [0.25, 0.3) is 0 Å². The Morgan fingerprint density at radius 1 is 1.05 bits per heavy atom. The first kappa shape index (κ1) is 28.8. The number of methoxy groups -OCH3 is 1. The van der Waals surface area contributed by atoms with Crippen molar-refractivity contribution in [2.24, 2.45) is 11.3 Å². The number of aromatic nitrogens is 3. The van der Waals surface area contributed by atoms with E-state index in [0.29, 0.717) is 49.8 Å². The molecule has 8 nitrogen and oxygen atoms in total. The fraction of sp³-hybridized carbons (Fsp3) is 0.588. The SMILES string of the molecule is COc1ccc(C23CCC(CN(C(=O)C4CCC(O)CC4)c4cc(-c5nnc(C(C)C)o5)ccn4)(CC2)CC3)cc1C. The molecular weight excluding hydrogens is 528 g/mol. The van der Waals surface area contributed by atoms with Crippen LogP contribution in [0.3, 0.4) is 0 Å². The molecular formula is C34H44N4O4. The maximum Gasteiger partial charge on any atom is 0.247 e. The average Bonchev–Trinajstić information content (AvgIpc) is 3.52. The Morgan fingerprint density at radius 2 is 1.76 bits per heavy atom. The van der Waals surface area contributed by atoms with Gasteiger partial charge in [0.2, 0.25) is 17.7 Å². The first-order valence-corrected chi connectivity index (χ1v) is 15.7. The predicted octanol–water partition coefficient (Wildman–Crippen LogP) is 6.75. The van der Waals surface area contributed by atoms with E-state index in [2.05, 4.69) is 35.3 Å². The number of anilines is 1. The van der Waals surface area contributed by atoms with Crippen LogP contribution >= 0.6 is 0 Å². The number of hydrogen-bond donors (Lipinski definition) is 1. The number of fused-ring (bicyclic) bond motifs is 3. The van der Waals surface area contributed by atoms with Gasteiger partial charge in [-0.3, -0.25) is 9.69 Å². The Labute approximate surface area is 248 Å². The van der Waals surface area contributed by atoms with Crippen molar-refractivity contribution in [3.05, 3.63) is 53.5 Å². The van der Waals surface area contributed by atoms with Gasteiger partial charge in [-0.25, -0.2) is 4.98 Å². The summed E-state index contributed by atoms with van der Waals surface area (Å²) in [6.07, 6.45) is 10.9. The van der Waals surface area contributed by atoms with Crippen molar-refractivity contribution in [2.75, 3.05) is 18.6 Å². The highest BCUT2D eigenvalue weighted by molar-refractivity contribution is 5.94. The van der Waals surface area contributed by atoms with Crippen molar-refractivity contribution in [2.45, 2.75) is 102 Å². The van der Waals surface area contributed by atoms with E-state index in [9.17, 15) is 9.90 Å². The highest BCUT2D eigenvalue weighted by Crippen LogP contribution is 2.58. The second-order valence-corrected chi connectivity index (χ2v) is 13.4. The number of nitrogens with zero attached hydrogens (tertiary/aromatic N) is 4. The van der Waals surface area contributed by atoms with Crippen molar-refractivity contribution in [1.29, 1.82) is 0 Å². The quantitative estimate of drug-likeness (QED) is 0.319. The summed E-state index contributed by atoms with van der Waals surface area (Å²) < 4.78 is 11.5. The van der Waals surface area contributed by atoms with Gasteiger partial charge in [-0.2, -0.15) is 0 Å². The standard InChI is InChI=1S/C34H44N4O4/c1-22(2)30-36-37-31(42-30)25-11-18-35-29(20-25)38(32(40)24-5-8-27(39)9-6-24)21-33-12-15-34(16-13-33,17-14-33)26-7-10-28(41-4)23(3)19-26/h7,10-11,18-20,22,24,27,39H,5-6,8-9,12-17,21H2,1-4H3. The lowest BCUT2D eigenvalue weighted by molar-refractivity contribution is -0.124. The summed E-state index contributed by atoms with van der Waals surface area (Å²) in [7, 11) is 1.73. The molecule has 1 amide bonds. The van der Waals surface area contributed by atoms with Gasteiger partial charge in [-0.05, 0) is 111 Å². The molecule has 7 rings (SSSR count). The predicted molar refractivity (Wildman–Crippen MR) is 161 cm³/mol. The van der Waals surface area contributed by atoms with E-state index in [4.69, 9.17) is 14.1 Å². The zero-order valence-electron chi connectivity index (χ0n) is 25.4. The minimum atomic E-state index is -0.304. The number of carbonyl (C=O) groups excluding carboxylic acids is 1. The van der Waals surface area contributed by atoms with E-state index in [-0.39, 0.29) is 34.7 Å². The van der Waals surface area contributed by atoms with E-state index in [1.165, 1.54) is 11.1 Å². The van der Waals surface area contributed by atoms with Crippen LogP contribution < -0.4 is 9.64 Å². The summed E-state index contributed by atoms with van der Waals surface area (Å²) in [4.78, 5) is 20.9. The Hall–Kier alpha value is -3.26. The molecule has 1 aromatic carbocycles. The van der Waals surface area contributed by atoms with Gasteiger partial charge < -0.3 is 14.3 Å². The monoisotopic (exact) mass is 572 g/mol. The number of benzene rings is 1. The topological polar surface area (TPSA) is 102 Å². The van der Waals surface area contributed by atoms with Crippen molar-refractivity contribution >= 4 is 11.7 Å². The molecule has 3 aromatic rings. The largest absolute Gasteiger partial charge is 0.496 e. The van der Waals surface area contributed by atoms with Gasteiger partial charge in [0.05, 0.1) is 13.2 Å². The first-order valence-electron chi connectivity index (χ1n) is 15.7. The zero-order valence-corrected chi connectivity index (χ0v) is 25.4. The molecule has 4 aliphatic rings. The molecule has 0 unspecified atom stereocenters. The number of pyridine rings is 1. The van der Waals surface area contributed by atoms with Crippen LogP contribution in [0.1, 0.15) is 101 Å². The highest BCUT2D eigenvalue weighted by atomic mass is 16.5. The normalized spacial score (nSPS) is 27.3. The van der Waals surface area contributed by atoms with Crippen LogP contribution in [-0.2, 0) is 10.2 Å². The van der Waals surface area contributed by atoms with Crippen molar-refractivity contribution in [3.8, 4) is 17.2 Å². The molecule has 2 bridgehead atoms. The number of ether oxygens (including phenoxy) is 1. The van der Waals surface area contributed by atoms with E-state index < -0.39 is 0 Å². The molecule has 2 aromatic heterocycles. The Bertz CT molecular complexity index is 1400. The van der Waals surface area contributed by atoms with E-state index in [0.717, 1.165) is 49.8 Å². The summed E-state index contributed by atoms with van der Waals surface area (Å²) in [6.45, 7) is 6.84. The van der Waals surface area contributed by atoms with Gasteiger partial charge in [0, 0.05) is 30.1 Å². The summed E-state index contributed by atoms with van der Waals surface area (Å²) in [5.41, 5.74) is 3.67. The molecule has 4 fully saturated rings. The molecule has 0 radical (unpaired) electrons. The van der Waals surface area contributed by atoms with Crippen LogP contribution in [0.25, 0.3) is 11.5 Å². The van der Waals surface area contributed by atoms with Crippen LogP contribution in [0.15, 0.2) is 40.9 Å². The molecule has 8 heteroatoms. The number of aryl methyl sites for hydroxylation is 1. The first-order chi connectivity index (χ1) is 20.2. The minimum absolute atomic E-state index is 0.0695. The summed E-state index contributed by atoms with van der Waals surface area (Å²) in [6, 6.07) is 10.5. The summed E-state index contributed by atoms with van der Waals surface area (Å²) in [5, 5.41) is 18.6. The minimum Gasteiger partial charge on any atom is -0.496 e. The molecule has 42 heavy (non-hydrogen) atoms. The van der Waals surface area contributed by atoms with Crippen molar-refractivity contribution < 1.29 is 19.1 Å². The lowest BCUT2D eigenvalue weighted by atomic mass is 9.51. The number of aliphatic hydroxyl groups is 1. The van der Waals surface area contributed by atoms with Gasteiger partial charge in [-0.15, -0.1) is 10.2 Å². The van der Waals surface area contributed by atoms with Crippen LogP contribution in [0.2, 0.25) is 0 Å². The molecule has 4 saturated carbocycles. The third-order valence-corrected chi connectivity index (χ3v) is 10.4. The van der Waals surface area contributed by atoms with E-state index >= 15 is 0 Å². The second-order valence-electron chi connectivity index (χ2n) is 13.4. The number of amides is 1. The number of carbonyl (C=O) groups is 1. The number of rotatable bonds is 8. The van der Waals surface area contributed by atoms with Crippen LogP contribution in [-0.4, -0.2) is 46.0 Å². The third kappa shape index (κ3) is 5.46. The molecule has 4 aliphatic carbocycles. The average molecular weight is 573 g/mol. The Balaban J connectivity index is 1.27. The Kier molecular flexibility index (Phi) is 7.85. The van der Waals surface area contributed by atoms with Crippen molar-refractivity contribution in [3.63, 3.8) is 0 Å². The zero-order chi connectivity index (χ0) is 29.5. The fourth-order valence-electron chi connectivity index (χ4n) is 7.58. The lowest BCUT2D eigenvalue weighted by Crippen LogP contribution is -2.52. The smallest absolute Gasteiger partial charge is 0.247 e.